The molecular weight excluding hydrogens is 395 g/mol. The molecule has 2 radical (unpaired) electrons. The Labute approximate surface area is 114 Å². The van der Waals surface area contributed by atoms with Crippen LogP contribution in [0.5, 0.6) is 0 Å². The zero-order valence-corrected chi connectivity index (χ0v) is 14.6. The Hall–Kier alpha value is 1.54. The Bertz CT molecular complexity index is 72.5. The Morgan fingerprint density at radius 3 is 1.00 bits per heavy atom. The van der Waals surface area contributed by atoms with Gasteiger partial charge in [-0.25, -0.2) is 0 Å². The molecular formula is C8H20N2PbS2. The smallest absolute Gasteiger partial charge is 0.791 e. The van der Waals surface area contributed by atoms with Crippen LogP contribution in [0, 0.1) is 0 Å². The predicted molar refractivity (Wildman–Crippen MR) is 67.3 cm³/mol. The van der Waals surface area contributed by atoms with Crippen molar-refractivity contribution in [3.63, 3.8) is 0 Å². The Balaban J connectivity index is -0.000000143. The third kappa shape index (κ3) is 31.7. The van der Waals surface area contributed by atoms with Gasteiger partial charge in [0.1, 0.15) is 0 Å². The molecule has 0 fully saturated rings. The van der Waals surface area contributed by atoms with E-state index in [-0.39, 0.29) is 27.3 Å². The van der Waals surface area contributed by atoms with Crippen molar-refractivity contribution in [2.45, 2.75) is 0 Å². The molecule has 0 heterocycles. The second-order valence-electron chi connectivity index (χ2n) is 3.01. The minimum absolute atomic E-state index is 0. The van der Waals surface area contributed by atoms with E-state index in [1.54, 1.807) is 0 Å². The normalized spacial score (nSPS) is 9.23. The van der Waals surface area contributed by atoms with Crippen LogP contribution in [0.25, 0.3) is 0 Å². The quantitative estimate of drug-likeness (QED) is 0.464. The third-order valence-electron chi connectivity index (χ3n) is 1.08. The van der Waals surface area contributed by atoms with Crippen LogP contribution in [-0.2, 0) is 25.3 Å². The van der Waals surface area contributed by atoms with Gasteiger partial charge in [-0.2, -0.15) is 11.5 Å². The third-order valence-corrected chi connectivity index (χ3v) is 1.44. The molecule has 0 N–H and O–H groups in total. The van der Waals surface area contributed by atoms with E-state index < -0.39 is 0 Å². The summed E-state index contributed by atoms with van der Waals surface area (Å²) in [4.78, 5) is 4.15. The van der Waals surface area contributed by atoms with Gasteiger partial charge in [-0.1, -0.05) is 0 Å². The molecule has 5 heteroatoms. The summed E-state index contributed by atoms with van der Waals surface area (Å²) in [5, 5.41) is 0. The van der Waals surface area contributed by atoms with E-state index in [4.69, 9.17) is 0 Å². The van der Waals surface area contributed by atoms with Crippen molar-refractivity contribution in [3.05, 3.63) is 0 Å². The molecule has 0 aliphatic heterocycles. The molecule has 13 heavy (non-hydrogen) atoms. The van der Waals surface area contributed by atoms with Crippen molar-refractivity contribution >= 4 is 52.6 Å². The standard InChI is InChI=1S/2C4H11NS.Pb/c2*1-5(2)3-4-6;/h2*6H,3-4H2,1-2H3;/q;;+2/p-2. The summed E-state index contributed by atoms with van der Waals surface area (Å²) in [7, 11) is 8.08. The van der Waals surface area contributed by atoms with Gasteiger partial charge in [0.25, 0.3) is 0 Å². The fraction of sp³-hybridized carbons (Fsp3) is 1.00. The molecule has 0 aliphatic carbocycles. The van der Waals surface area contributed by atoms with E-state index in [0.29, 0.717) is 0 Å². The zero-order chi connectivity index (χ0) is 9.98. The first-order valence-corrected chi connectivity index (χ1v) is 5.15. The van der Waals surface area contributed by atoms with Gasteiger partial charge in [-0.05, 0) is 41.3 Å². The fourth-order valence-corrected chi connectivity index (χ4v) is 1.10. The van der Waals surface area contributed by atoms with Gasteiger partial charge in [0.05, 0.1) is 0 Å². The van der Waals surface area contributed by atoms with Gasteiger partial charge in [-0.15, -0.1) is 0 Å². The van der Waals surface area contributed by atoms with Crippen molar-refractivity contribution < 1.29 is 0 Å². The topological polar surface area (TPSA) is 6.48 Å². The monoisotopic (exact) mass is 416 g/mol. The van der Waals surface area contributed by atoms with Crippen LogP contribution in [0.15, 0.2) is 0 Å². The second-order valence-corrected chi connectivity index (χ2v) is 3.83. The molecule has 0 bridgehead atoms. The average Bonchev–Trinajstić information content (AvgIpc) is 1.87. The van der Waals surface area contributed by atoms with Crippen molar-refractivity contribution in [2.75, 3.05) is 52.8 Å². The van der Waals surface area contributed by atoms with Gasteiger partial charge in [0.15, 0.2) is 0 Å². The van der Waals surface area contributed by atoms with Gasteiger partial charge in [-0.3, -0.25) is 0 Å². The van der Waals surface area contributed by atoms with E-state index >= 15 is 0 Å². The summed E-state index contributed by atoms with van der Waals surface area (Å²) in [6.45, 7) is 2.05. The Morgan fingerprint density at radius 1 is 0.769 bits per heavy atom. The summed E-state index contributed by atoms with van der Waals surface area (Å²) < 4.78 is 0. The van der Waals surface area contributed by atoms with Crippen LogP contribution in [0.2, 0.25) is 0 Å². The summed E-state index contributed by atoms with van der Waals surface area (Å²) >= 11 is 9.37. The number of hydrogen-bond acceptors (Lipinski definition) is 4. The van der Waals surface area contributed by atoms with Crippen molar-refractivity contribution in [1.82, 2.24) is 9.80 Å². The average molecular weight is 416 g/mol. The van der Waals surface area contributed by atoms with Crippen LogP contribution < -0.4 is 0 Å². The van der Waals surface area contributed by atoms with E-state index in [1.165, 1.54) is 0 Å². The molecule has 0 unspecified atom stereocenters. The fourth-order valence-electron chi connectivity index (χ4n) is 0.365. The van der Waals surface area contributed by atoms with E-state index in [0.717, 1.165) is 24.6 Å². The van der Waals surface area contributed by atoms with E-state index in [2.05, 4.69) is 35.1 Å². The largest absolute Gasteiger partial charge is 2.00 e. The number of hydrogen-bond donors (Lipinski definition) is 0. The molecule has 0 aromatic carbocycles. The summed E-state index contributed by atoms with van der Waals surface area (Å²) in [6, 6.07) is 0. The first-order valence-electron chi connectivity index (χ1n) is 4.00. The van der Waals surface area contributed by atoms with Gasteiger partial charge in [0, 0.05) is 0 Å². The molecule has 0 aromatic rings. The van der Waals surface area contributed by atoms with E-state index in [9.17, 15) is 0 Å². The summed E-state index contributed by atoms with van der Waals surface area (Å²) in [5.41, 5.74) is 0. The molecule has 0 aliphatic rings. The second kappa shape index (κ2) is 16.0. The van der Waals surface area contributed by atoms with Crippen LogP contribution >= 0.6 is 0 Å². The first kappa shape index (κ1) is 20.0. The summed E-state index contributed by atoms with van der Waals surface area (Å²) in [5.74, 6) is 1.68. The maximum Gasteiger partial charge on any atom is 2.00 e. The van der Waals surface area contributed by atoms with Crippen LogP contribution in [0.3, 0.4) is 0 Å². The molecule has 78 valence electrons. The molecule has 2 nitrogen and oxygen atoms in total. The number of rotatable bonds is 4. The molecule has 0 atom stereocenters. The van der Waals surface area contributed by atoms with Gasteiger partial charge >= 0.3 is 27.3 Å². The molecule has 0 saturated carbocycles. The Morgan fingerprint density at radius 2 is 1.00 bits per heavy atom. The maximum atomic E-state index is 4.69. The van der Waals surface area contributed by atoms with Crippen LogP contribution in [-0.4, -0.2) is 89.9 Å². The molecule has 0 spiro atoms. The predicted octanol–water partition coefficient (Wildman–Crippen LogP) is -0.191. The zero-order valence-electron chi connectivity index (χ0n) is 9.04. The van der Waals surface area contributed by atoms with Gasteiger partial charge < -0.3 is 35.1 Å². The molecule has 0 saturated heterocycles. The minimum atomic E-state index is 0. The summed E-state index contributed by atoms with van der Waals surface area (Å²) in [6.07, 6.45) is 0. The van der Waals surface area contributed by atoms with Crippen molar-refractivity contribution in [3.8, 4) is 0 Å². The number of nitrogens with zero attached hydrogens (tertiary/aromatic N) is 2. The molecule has 0 amide bonds. The molecule has 0 rings (SSSR count). The Kier molecular flexibility index (Phi) is 24.6. The minimum Gasteiger partial charge on any atom is -0.791 e. The van der Waals surface area contributed by atoms with E-state index in [1.807, 2.05) is 28.2 Å². The molecule has 0 aromatic heterocycles. The maximum absolute atomic E-state index is 4.69. The SMILES string of the molecule is CN(C)CC[S-].CN(C)CC[S-].[Pb+2]. The first-order chi connectivity index (χ1) is 5.54. The van der Waals surface area contributed by atoms with Crippen molar-refractivity contribution in [2.24, 2.45) is 0 Å². The van der Waals surface area contributed by atoms with Crippen LogP contribution in [0.1, 0.15) is 0 Å². The van der Waals surface area contributed by atoms with Crippen molar-refractivity contribution in [1.29, 1.82) is 0 Å². The van der Waals surface area contributed by atoms with Crippen LogP contribution in [0.4, 0.5) is 0 Å². The van der Waals surface area contributed by atoms with Gasteiger partial charge in [0.2, 0.25) is 0 Å².